The summed E-state index contributed by atoms with van der Waals surface area (Å²) in [5.74, 6) is 0.768. The summed E-state index contributed by atoms with van der Waals surface area (Å²) < 4.78 is 0.682. The van der Waals surface area contributed by atoms with E-state index in [0.29, 0.717) is 10.3 Å². The lowest BCUT2D eigenvalue weighted by atomic mass is 9.97. The van der Waals surface area contributed by atoms with Crippen LogP contribution in [0.15, 0.2) is 12.1 Å². The predicted octanol–water partition coefficient (Wildman–Crippen LogP) is 3.25. The second-order valence-electron chi connectivity index (χ2n) is 5.05. The van der Waals surface area contributed by atoms with Gasteiger partial charge in [0.1, 0.15) is 0 Å². The average Bonchev–Trinajstić information content (AvgIpc) is 2.85. The topological polar surface area (TPSA) is 32.3 Å². The lowest BCUT2D eigenvalue weighted by molar-refractivity contribution is 0.0721. The van der Waals surface area contributed by atoms with E-state index in [1.165, 1.54) is 24.2 Å². The summed E-state index contributed by atoms with van der Waals surface area (Å²) >= 11 is 7.29. The van der Waals surface area contributed by atoms with Gasteiger partial charge in [0.05, 0.1) is 9.21 Å². The molecule has 1 aromatic rings. The Labute approximate surface area is 123 Å². The highest BCUT2D eigenvalue weighted by molar-refractivity contribution is 7.17. The highest BCUT2D eigenvalue weighted by Crippen LogP contribution is 2.24. The number of nitrogens with one attached hydrogen (secondary N) is 1. The van der Waals surface area contributed by atoms with Gasteiger partial charge < -0.3 is 10.2 Å². The number of carbonyl (C=O) groups excluding carboxylic acids is 1. The van der Waals surface area contributed by atoms with Crippen molar-refractivity contribution >= 4 is 28.8 Å². The van der Waals surface area contributed by atoms with Crippen molar-refractivity contribution in [3.8, 4) is 0 Å². The smallest absolute Gasteiger partial charge is 0.263 e. The Kier molecular flexibility index (Phi) is 5.67. The summed E-state index contributed by atoms with van der Waals surface area (Å²) in [5.41, 5.74) is 0. The van der Waals surface area contributed by atoms with Crippen LogP contribution in [0.5, 0.6) is 0 Å². The minimum Gasteiger partial charge on any atom is -0.338 e. The van der Waals surface area contributed by atoms with Crippen LogP contribution in [0, 0.1) is 5.92 Å². The molecule has 0 aromatic carbocycles. The van der Waals surface area contributed by atoms with E-state index in [1.807, 2.05) is 11.0 Å². The fourth-order valence-corrected chi connectivity index (χ4v) is 3.52. The molecule has 106 valence electrons. The molecule has 1 N–H and O–H groups in total. The van der Waals surface area contributed by atoms with Crippen molar-refractivity contribution in [3.63, 3.8) is 0 Å². The van der Waals surface area contributed by atoms with E-state index >= 15 is 0 Å². The minimum absolute atomic E-state index is 0.136. The van der Waals surface area contributed by atoms with Crippen molar-refractivity contribution in [2.75, 3.05) is 26.2 Å². The molecule has 0 bridgehead atoms. The van der Waals surface area contributed by atoms with Gasteiger partial charge >= 0.3 is 0 Å². The Hall–Kier alpha value is -0.580. The zero-order chi connectivity index (χ0) is 13.7. The van der Waals surface area contributed by atoms with Crippen molar-refractivity contribution in [1.82, 2.24) is 10.2 Å². The third-order valence-electron chi connectivity index (χ3n) is 3.50. The fraction of sp³-hybridized carbons (Fsp3) is 0.643. The largest absolute Gasteiger partial charge is 0.338 e. The van der Waals surface area contributed by atoms with Gasteiger partial charge in [-0.1, -0.05) is 18.5 Å². The number of hydrogen-bond acceptors (Lipinski definition) is 3. The van der Waals surface area contributed by atoms with E-state index in [2.05, 4.69) is 12.2 Å². The molecule has 1 fully saturated rings. The summed E-state index contributed by atoms with van der Waals surface area (Å²) in [7, 11) is 0. The summed E-state index contributed by atoms with van der Waals surface area (Å²) in [6.07, 6.45) is 3.33. The van der Waals surface area contributed by atoms with Crippen LogP contribution in [0.4, 0.5) is 0 Å². The van der Waals surface area contributed by atoms with Crippen LogP contribution in [0.25, 0.3) is 0 Å². The Morgan fingerprint density at radius 2 is 2.21 bits per heavy atom. The summed E-state index contributed by atoms with van der Waals surface area (Å²) in [4.78, 5) is 15.2. The van der Waals surface area contributed by atoms with Crippen molar-refractivity contribution in [1.29, 1.82) is 0 Å². The number of halogens is 1. The molecule has 1 aliphatic rings. The maximum Gasteiger partial charge on any atom is 0.263 e. The van der Waals surface area contributed by atoms with Gasteiger partial charge in [-0.3, -0.25) is 4.79 Å². The molecule has 0 aliphatic carbocycles. The van der Waals surface area contributed by atoms with E-state index in [1.54, 1.807) is 6.07 Å². The zero-order valence-electron chi connectivity index (χ0n) is 11.3. The Morgan fingerprint density at radius 1 is 1.47 bits per heavy atom. The third-order valence-corrected chi connectivity index (χ3v) is 4.72. The van der Waals surface area contributed by atoms with Gasteiger partial charge in [0, 0.05) is 13.1 Å². The van der Waals surface area contributed by atoms with Gasteiger partial charge in [0.25, 0.3) is 5.91 Å². The van der Waals surface area contributed by atoms with Gasteiger partial charge in [-0.2, -0.15) is 0 Å². The summed E-state index contributed by atoms with van der Waals surface area (Å²) in [5, 5.41) is 3.37. The number of nitrogens with zero attached hydrogens (tertiary/aromatic N) is 1. The first kappa shape index (κ1) is 14.8. The monoisotopic (exact) mass is 300 g/mol. The fourth-order valence-electron chi connectivity index (χ4n) is 2.51. The first-order valence-electron chi connectivity index (χ1n) is 6.96. The molecule has 0 radical (unpaired) electrons. The van der Waals surface area contributed by atoms with E-state index in [9.17, 15) is 4.79 Å². The molecule has 0 spiro atoms. The van der Waals surface area contributed by atoms with Crippen LogP contribution < -0.4 is 5.32 Å². The van der Waals surface area contributed by atoms with Crippen LogP contribution in [0.1, 0.15) is 35.9 Å². The molecule has 1 aromatic heterocycles. The van der Waals surface area contributed by atoms with E-state index in [-0.39, 0.29) is 5.91 Å². The van der Waals surface area contributed by atoms with Crippen molar-refractivity contribution < 1.29 is 4.79 Å². The Bertz CT molecular complexity index is 415. The Balaban J connectivity index is 1.99. The van der Waals surface area contributed by atoms with Crippen LogP contribution in [0.2, 0.25) is 4.34 Å². The normalized spacial score (nSPS) is 16.5. The summed E-state index contributed by atoms with van der Waals surface area (Å²) in [6.45, 7) is 5.97. The minimum atomic E-state index is 0.136. The van der Waals surface area contributed by atoms with E-state index < -0.39 is 0 Å². The number of piperidine rings is 1. The van der Waals surface area contributed by atoms with Gasteiger partial charge in [-0.05, 0) is 50.4 Å². The number of rotatable bonds is 5. The zero-order valence-corrected chi connectivity index (χ0v) is 12.9. The molecule has 0 unspecified atom stereocenters. The Morgan fingerprint density at radius 3 is 2.79 bits per heavy atom. The molecule has 1 saturated heterocycles. The second-order valence-corrected chi connectivity index (χ2v) is 6.76. The SMILES string of the molecule is CCCN(CC1CCNCC1)C(=O)c1ccc(Cl)s1. The molecular formula is C14H21ClN2OS. The quantitative estimate of drug-likeness (QED) is 0.905. The highest BCUT2D eigenvalue weighted by Gasteiger charge is 2.22. The van der Waals surface area contributed by atoms with Crippen molar-refractivity contribution in [2.45, 2.75) is 26.2 Å². The maximum absolute atomic E-state index is 12.5. The first-order valence-corrected chi connectivity index (χ1v) is 8.15. The second kappa shape index (κ2) is 7.27. The first-order chi connectivity index (χ1) is 9.20. The van der Waals surface area contributed by atoms with Crippen LogP contribution in [-0.4, -0.2) is 37.0 Å². The molecule has 2 heterocycles. The molecule has 5 heteroatoms. The van der Waals surface area contributed by atoms with Gasteiger partial charge in [0.2, 0.25) is 0 Å². The third kappa shape index (κ3) is 4.20. The van der Waals surface area contributed by atoms with Gasteiger partial charge in [0.15, 0.2) is 0 Å². The molecule has 3 nitrogen and oxygen atoms in total. The van der Waals surface area contributed by atoms with Crippen molar-refractivity contribution in [3.05, 3.63) is 21.3 Å². The number of thiophene rings is 1. The van der Waals surface area contributed by atoms with E-state index in [0.717, 1.165) is 37.5 Å². The number of hydrogen-bond donors (Lipinski definition) is 1. The predicted molar refractivity (Wildman–Crippen MR) is 81.1 cm³/mol. The molecule has 2 rings (SSSR count). The molecule has 1 amide bonds. The van der Waals surface area contributed by atoms with Crippen molar-refractivity contribution in [2.24, 2.45) is 5.92 Å². The van der Waals surface area contributed by atoms with Gasteiger partial charge in [-0.15, -0.1) is 11.3 Å². The lowest BCUT2D eigenvalue weighted by Crippen LogP contribution is -2.39. The maximum atomic E-state index is 12.5. The molecule has 0 saturated carbocycles. The molecular weight excluding hydrogens is 280 g/mol. The standard InChI is InChI=1S/C14H21ClN2OS/c1-2-9-17(10-11-5-7-16-8-6-11)14(18)12-3-4-13(15)19-12/h3-4,11,16H,2,5-10H2,1H3. The number of carbonyl (C=O) groups is 1. The van der Waals surface area contributed by atoms with Crippen LogP contribution in [0.3, 0.4) is 0 Å². The van der Waals surface area contributed by atoms with E-state index in [4.69, 9.17) is 11.6 Å². The average molecular weight is 301 g/mol. The van der Waals surface area contributed by atoms with Crippen LogP contribution >= 0.6 is 22.9 Å². The number of amides is 1. The van der Waals surface area contributed by atoms with Crippen LogP contribution in [-0.2, 0) is 0 Å². The molecule has 1 aliphatic heterocycles. The highest BCUT2D eigenvalue weighted by atomic mass is 35.5. The molecule has 19 heavy (non-hydrogen) atoms. The van der Waals surface area contributed by atoms with Gasteiger partial charge in [-0.25, -0.2) is 0 Å². The lowest BCUT2D eigenvalue weighted by Gasteiger charge is -2.29. The molecule has 0 atom stereocenters. The summed E-state index contributed by atoms with van der Waals surface area (Å²) in [6, 6.07) is 3.63.